The van der Waals surface area contributed by atoms with E-state index in [1.54, 1.807) is 6.92 Å². The average molecular weight is 391 g/mol. The number of hydrogen-bond acceptors (Lipinski definition) is 6. The number of nitrogens with one attached hydrogen (secondary N) is 1. The number of likely N-dealkylation sites (tertiary alicyclic amines) is 2. The number of pyridine rings is 1. The Hall–Kier alpha value is -1.54. The fraction of sp³-hybridized carbons (Fsp3) is 0.714. The number of piperidine rings is 2. The first kappa shape index (κ1) is 21.2. The van der Waals surface area contributed by atoms with Gasteiger partial charge in [0, 0.05) is 31.5 Å². The summed E-state index contributed by atoms with van der Waals surface area (Å²) < 4.78 is 0. The van der Waals surface area contributed by atoms with Gasteiger partial charge in [0.2, 0.25) is 5.91 Å². The maximum absolute atomic E-state index is 12.6. The first-order valence-corrected chi connectivity index (χ1v) is 10.4. The highest BCUT2D eigenvalue weighted by molar-refractivity contribution is 5.79. The van der Waals surface area contributed by atoms with Crippen LogP contribution in [0.25, 0.3) is 0 Å². The number of aliphatic hydroxyl groups excluding tert-OH is 2. The molecule has 2 fully saturated rings. The molecule has 0 unspecified atom stereocenters. The molecule has 0 aliphatic carbocycles. The molecule has 1 aromatic rings. The van der Waals surface area contributed by atoms with Crippen LogP contribution in [0.5, 0.6) is 0 Å². The highest BCUT2D eigenvalue weighted by Gasteiger charge is 2.34. The van der Waals surface area contributed by atoms with Gasteiger partial charge >= 0.3 is 0 Å². The maximum Gasteiger partial charge on any atom is 0.224 e. The largest absolute Gasteiger partial charge is 0.394 e. The monoisotopic (exact) mass is 390 g/mol. The molecule has 0 radical (unpaired) electrons. The van der Waals surface area contributed by atoms with Crippen LogP contribution < -0.4 is 5.32 Å². The summed E-state index contributed by atoms with van der Waals surface area (Å²) >= 11 is 0. The second-order valence-electron chi connectivity index (χ2n) is 8.56. The van der Waals surface area contributed by atoms with Crippen molar-refractivity contribution in [1.29, 1.82) is 0 Å². The molecule has 7 heteroatoms. The van der Waals surface area contributed by atoms with E-state index in [9.17, 15) is 15.0 Å². The van der Waals surface area contributed by atoms with Gasteiger partial charge in [-0.3, -0.25) is 19.6 Å². The third-order valence-electron chi connectivity index (χ3n) is 6.18. The summed E-state index contributed by atoms with van der Waals surface area (Å²) in [7, 11) is 0. The number of amides is 1. The van der Waals surface area contributed by atoms with Crippen molar-refractivity contribution in [3.8, 4) is 0 Å². The van der Waals surface area contributed by atoms with E-state index in [0.717, 1.165) is 58.4 Å². The van der Waals surface area contributed by atoms with E-state index in [2.05, 4.69) is 32.2 Å². The Balaban J connectivity index is 1.48. The normalized spacial score (nSPS) is 22.9. The van der Waals surface area contributed by atoms with Crippen LogP contribution in [0, 0.1) is 5.92 Å². The van der Waals surface area contributed by atoms with E-state index in [1.807, 2.05) is 12.4 Å². The molecule has 2 aliphatic rings. The smallest absolute Gasteiger partial charge is 0.224 e. The van der Waals surface area contributed by atoms with Crippen LogP contribution in [0.2, 0.25) is 0 Å². The lowest BCUT2D eigenvalue weighted by atomic mass is 9.92. The van der Waals surface area contributed by atoms with Crippen molar-refractivity contribution >= 4 is 5.91 Å². The van der Waals surface area contributed by atoms with Gasteiger partial charge in [-0.05, 0) is 69.9 Å². The second-order valence-corrected chi connectivity index (χ2v) is 8.56. The summed E-state index contributed by atoms with van der Waals surface area (Å²) in [6.45, 7) is 6.10. The van der Waals surface area contributed by atoms with Crippen LogP contribution >= 0.6 is 0 Å². The lowest BCUT2D eigenvalue weighted by Crippen LogP contribution is -2.56. The quantitative estimate of drug-likeness (QED) is 0.632. The SMILES string of the molecule is CC(CO)(CO)NC(=O)[C@@H]1CCCN(C2CCN(Cc3ccncc3)CC2)C1. The van der Waals surface area contributed by atoms with E-state index in [4.69, 9.17) is 0 Å². The van der Waals surface area contributed by atoms with Crippen molar-refractivity contribution in [1.82, 2.24) is 20.1 Å². The molecule has 3 heterocycles. The molecule has 3 N–H and O–H groups in total. The fourth-order valence-corrected chi connectivity index (χ4v) is 4.27. The van der Waals surface area contributed by atoms with Gasteiger partial charge in [0.15, 0.2) is 0 Å². The molecule has 156 valence electrons. The third-order valence-corrected chi connectivity index (χ3v) is 6.18. The van der Waals surface area contributed by atoms with Crippen LogP contribution in [0.1, 0.15) is 38.2 Å². The minimum Gasteiger partial charge on any atom is -0.394 e. The third kappa shape index (κ3) is 5.50. The number of aromatic nitrogens is 1. The number of aliphatic hydroxyl groups is 2. The minimum atomic E-state index is -0.947. The molecule has 0 aromatic carbocycles. The second kappa shape index (κ2) is 9.78. The Morgan fingerprint density at radius 3 is 2.50 bits per heavy atom. The van der Waals surface area contributed by atoms with Crippen molar-refractivity contribution in [2.24, 2.45) is 5.92 Å². The molecular formula is C21H34N4O3. The van der Waals surface area contributed by atoms with Gasteiger partial charge in [-0.1, -0.05) is 0 Å². The van der Waals surface area contributed by atoms with Gasteiger partial charge in [0.25, 0.3) is 0 Å². The average Bonchev–Trinajstić information content (AvgIpc) is 2.75. The van der Waals surface area contributed by atoms with Crippen molar-refractivity contribution in [3.05, 3.63) is 30.1 Å². The molecule has 0 bridgehead atoms. The van der Waals surface area contributed by atoms with Crippen LogP contribution in [-0.2, 0) is 11.3 Å². The van der Waals surface area contributed by atoms with E-state index < -0.39 is 5.54 Å². The lowest BCUT2D eigenvalue weighted by Gasteiger charge is -2.42. The summed E-state index contributed by atoms with van der Waals surface area (Å²) in [5.41, 5.74) is 0.358. The fourth-order valence-electron chi connectivity index (χ4n) is 4.27. The van der Waals surface area contributed by atoms with Crippen molar-refractivity contribution < 1.29 is 15.0 Å². The zero-order chi connectivity index (χ0) is 20.0. The molecule has 2 aliphatic heterocycles. The minimum absolute atomic E-state index is 0.0505. The molecule has 1 aromatic heterocycles. The maximum atomic E-state index is 12.6. The Kier molecular flexibility index (Phi) is 7.40. The Labute approximate surface area is 167 Å². The Morgan fingerprint density at radius 1 is 1.18 bits per heavy atom. The predicted molar refractivity (Wildman–Crippen MR) is 108 cm³/mol. The molecule has 1 atom stereocenters. The number of carbonyl (C=O) groups is 1. The summed E-state index contributed by atoms with van der Waals surface area (Å²) in [4.78, 5) is 21.7. The first-order chi connectivity index (χ1) is 13.5. The Morgan fingerprint density at radius 2 is 1.86 bits per heavy atom. The van der Waals surface area contributed by atoms with Crippen molar-refractivity contribution in [2.75, 3.05) is 39.4 Å². The highest BCUT2D eigenvalue weighted by Crippen LogP contribution is 2.25. The van der Waals surface area contributed by atoms with Crippen molar-refractivity contribution in [3.63, 3.8) is 0 Å². The van der Waals surface area contributed by atoms with Gasteiger partial charge < -0.3 is 15.5 Å². The topological polar surface area (TPSA) is 88.9 Å². The van der Waals surface area contributed by atoms with E-state index in [1.165, 1.54) is 5.56 Å². The van der Waals surface area contributed by atoms with Crippen LogP contribution in [0.15, 0.2) is 24.5 Å². The zero-order valence-corrected chi connectivity index (χ0v) is 16.9. The Bertz CT molecular complexity index is 615. The summed E-state index contributed by atoms with van der Waals surface area (Å²) in [6, 6.07) is 4.69. The standard InChI is InChI=1S/C21H34N4O3/c1-21(15-26,16-27)23-20(28)18-3-2-10-25(14-18)19-6-11-24(12-7-19)13-17-4-8-22-9-5-17/h4-5,8-9,18-19,26-27H,2-3,6-7,10-16H2,1H3,(H,23,28)/t18-/m1/s1. The summed E-state index contributed by atoms with van der Waals surface area (Å²) in [5, 5.41) is 21.7. The van der Waals surface area contributed by atoms with E-state index in [0.29, 0.717) is 6.04 Å². The summed E-state index contributed by atoms with van der Waals surface area (Å²) in [5.74, 6) is -0.119. The van der Waals surface area contributed by atoms with Gasteiger partial charge in [0.05, 0.1) is 24.7 Å². The predicted octanol–water partition coefficient (Wildman–Crippen LogP) is 0.618. The van der Waals surface area contributed by atoms with Crippen LogP contribution in [0.3, 0.4) is 0 Å². The molecule has 1 amide bonds. The van der Waals surface area contributed by atoms with Gasteiger partial charge in [-0.25, -0.2) is 0 Å². The number of carbonyl (C=O) groups excluding carboxylic acids is 1. The van der Waals surface area contributed by atoms with Crippen molar-refractivity contribution in [2.45, 2.75) is 50.7 Å². The van der Waals surface area contributed by atoms with Crippen LogP contribution in [-0.4, -0.2) is 81.9 Å². The molecular weight excluding hydrogens is 356 g/mol. The van der Waals surface area contributed by atoms with Gasteiger partial charge in [-0.15, -0.1) is 0 Å². The van der Waals surface area contributed by atoms with Gasteiger partial charge in [0.1, 0.15) is 0 Å². The van der Waals surface area contributed by atoms with E-state index in [-0.39, 0.29) is 25.0 Å². The molecule has 28 heavy (non-hydrogen) atoms. The van der Waals surface area contributed by atoms with E-state index >= 15 is 0 Å². The first-order valence-electron chi connectivity index (χ1n) is 10.4. The summed E-state index contributed by atoms with van der Waals surface area (Å²) in [6.07, 6.45) is 7.84. The molecule has 2 saturated heterocycles. The van der Waals surface area contributed by atoms with Gasteiger partial charge in [-0.2, -0.15) is 0 Å². The number of nitrogens with zero attached hydrogens (tertiary/aromatic N) is 3. The molecule has 7 nitrogen and oxygen atoms in total. The highest BCUT2D eigenvalue weighted by atomic mass is 16.3. The molecule has 0 saturated carbocycles. The van der Waals surface area contributed by atoms with Crippen LogP contribution in [0.4, 0.5) is 0 Å². The lowest BCUT2D eigenvalue weighted by molar-refractivity contribution is -0.130. The number of hydrogen-bond donors (Lipinski definition) is 3. The number of rotatable bonds is 7. The molecule has 3 rings (SSSR count). The molecule has 0 spiro atoms. The zero-order valence-electron chi connectivity index (χ0n) is 16.9.